The van der Waals surface area contributed by atoms with Crippen LogP contribution in [0.3, 0.4) is 0 Å². The Morgan fingerprint density at radius 1 is 1.35 bits per heavy atom. The fourth-order valence-corrected chi connectivity index (χ4v) is 2.31. The van der Waals surface area contributed by atoms with Crippen molar-refractivity contribution in [1.82, 2.24) is 4.90 Å². The summed E-state index contributed by atoms with van der Waals surface area (Å²) in [7, 11) is 2.10. The molecule has 110 valence electrons. The highest BCUT2D eigenvalue weighted by atomic mass is 16.5. The molecule has 0 radical (unpaired) electrons. The molecular formula is C15H21NO4. The van der Waals surface area contributed by atoms with E-state index >= 15 is 0 Å². The zero-order chi connectivity index (χ0) is 14.4. The monoisotopic (exact) mass is 279 g/mol. The summed E-state index contributed by atoms with van der Waals surface area (Å²) in [6.07, 6.45) is 2.15. The Balaban J connectivity index is 1.73. The van der Waals surface area contributed by atoms with Crippen molar-refractivity contribution in [3.05, 3.63) is 29.8 Å². The molecule has 0 amide bonds. The van der Waals surface area contributed by atoms with E-state index in [2.05, 4.69) is 11.9 Å². The van der Waals surface area contributed by atoms with Crippen LogP contribution in [0.25, 0.3) is 0 Å². The van der Waals surface area contributed by atoms with E-state index in [1.165, 1.54) is 0 Å². The maximum Gasteiger partial charge on any atom is 0.335 e. The molecule has 0 saturated carbocycles. The summed E-state index contributed by atoms with van der Waals surface area (Å²) in [6, 6.07) is 7.07. The first-order chi connectivity index (χ1) is 9.66. The molecule has 1 N–H and O–H groups in total. The molecule has 1 aromatic carbocycles. The summed E-state index contributed by atoms with van der Waals surface area (Å²) < 4.78 is 11.0. The predicted molar refractivity (Wildman–Crippen MR) is 75.4 cm³/mol. The Hall–Kier alpha value is -1.59. The highest BCUT2D eigenvalue weighted by Crippen LogP contribution is 2.14. The number of carbonyl (C=O) groups is 1. The molecule has 0 bridgehead atoms. The molecule has 1 aliphatic rings. The van der Waals surface area contributed by atoms with Gasteiger partial charge in [-0.3, -0.25) is 4.90 Å². The first kappa shape index (κ1) is 14.8. The third-order valence-electron chi connectivity index (χ3n) is 3.63. The van der Waals surface area contributed by atoms with Gasteiger partial charge in [-0.05, 0) is 44.2 Å². The summed E-state index contributed by atoms with van der Waals surface area (Å²) in [6.45, 7) is 3.13. The zero-order valence-corrected chi connectivity index (χ0v) is 11.7. The Morgan fingerprint density at radius 3 is 2.60 bits per heavy atom. The van der Waals surface area contributed by atoms with E-state index < -0.39 is 5.97 Å². The van der Waals surface area contributed by atoms with Crippen LogP contribution in [0.4, 0.5) is 0 Å². The molecule has 0 unspecified atom stereocenters. The quantitative estimate of drug-likeness (QED) is 0.861. The summed E-state index contributed by atoms with van der Waals surface area (Å²) in [4.78, 5) is 13.0. The van der Waals surface area contributed by atoms with Gasteiger partial charge in [-0.15, -0.1) is 0 Å². The highest BCUT2D eigenvalue weighted by Gasteiger charge is 2.17. The van der Waals surface area contributed by atoms with Gasteiger partial charge in [-0.2, -0.15) is 0 Å². The van der Waals surface area contributed by atoms with Crippen LogP contribution in [0.1, 0.15) is 23.2 Å². The fourth-order valence-electron chi connectivity index (χ4n) is 2.31. The van der Waals surface area contributed by atoms with Crippen LogP contribution in [0.15, 0.2) is 24.3 Å². The molecule has 2 rings (SSSR count). The minimum atomic E-state index is -0.921. The molecule has 1 heterocycles. The molecule has 0 spiro atoms. The number of hydrogen-bond acceptors (Lipinski definition) is 4. The normalized spacial score (nSPS) is 16.3. The van der Waals surface area contributed by atoms with Gasteiger partial charge in [0.1, 0.15) is 12.4 Å². The molecule has 0 aromatic heterocycles. The number of hydrogen-bond donors (Lipinski definition) is 1. The van der Waals surface area contributed by atoms with Crippen molar-refractivity contribution in [2.24, 2.45) is 0 Å². The molecule has 1 aliphatic heterocycles. The number of rotatable bonds is 6. The molecule has 20 heavy (non-hydrogen) atoms. The van der Waals surface area contributed by atoms with Gasteiger partial charge in [-0.1, -0.05) is 0 Å². The molecule has 1 aromatic rings. The van der Waals surface area contributed by atoms with E-state index in [9.17, 15) is 4.79 Å². The van der Waals surface area contributed by atoms with Crippen LogP contribution < -0.4 is 4.74 Å². The summed E-state index contributed by atoms with van der Waals surface area (Å²) in [5.41, 5.74) is 0.275. The van der Waals surface area contributed by atoms with Crippen molar-refractivity contribution in [2.75, 3.05) is 33.4 Å². The summed E-state index contributed by atoms with van der Waals surface area (Å²) in [5, 5.41) is 8.81. The van der Waals surface area contributed by atoms with E-state index in [-0.39, 0.29) is 5.56 Å². The van der Waals surface area contributed by atoms with Crippen LogP contribution in [-0.4, -0.2) is 55.4 Å². The number of likely N-dealkylation sites (N-methyl/N-ethyl adjacent to an activating group) is 1. The lowest BCUT2D eigenvalue weighted by atomic mass is 10.1. The van der Waals surface area contributed by atoms with Crippen LogP contribution in [0.2, 0.25) is 0 Å². The maximum atomic E-state index is 10.7. The third-order valence-corrected chi connectivity index (χ3v) is 3.63. The van der Waals surface area contributed by atoms with Gasteiger partial charge >= 0.3 is 5.97 Å². The van der Waals surface area contributed by atoms with Gasteiger partial charge in [0, 0.05) is 25.8 Å². The summed E-state index contributed by atoms with van der Waals surface area (Å²) in [5.74, 6) is -0.217. The van der Waals surface area contributed by atoms with Crippen molar-refractivity contribution in [1.29, 1.82) is 0 Å². The molecule has 1 fully saturated rings. The predicted octanol–water partition coefficient (Wildman–Crippen LogP) is 1.87. The summed E-state index contributed by atoms with van der Waals surface area (Å²) >= 11 is 0. The van der Waals surface area contributed by atoms with Crippen LogP contribution in [-0.2, 0) is 4.74 Å². The number of ether oxygens (including phenoxy) is 2. The number of aromatic carboxylic acids is 1. The third kappa shape index (κ3) is 4.21. The number of nitrogens with zero attached hydrogens (tertiary/aromatic N) is 1. The van der Waals surface area contributed by atoms with Crippen molar-refractivity contribution in [2.45, 2.75) is 18.9 Å². The Labute approximate surface area is 119 Å². The highest BCUT2D eigenvalue weighted by molar-refractivity contribution is 5.87. The first-order valence-electron chi connectivity index (χ1n) is 6.91. The second-order valence-electron chi connectivity index (χ2n) is 5.00. The first-order valence-corrected chi connectivity index (χ1v) is 6.91. The molecule has 0 aliphatic carbocycles. The van der Waals surface area contributed by atoms with Crippen LogP contribution in [0, 0.1) is 0 Å². The lowest BCUT2D eigenvalue weighted by Gasteiger charge is -2.30. The molecular weight excluding hydrogens is 258 g/mol. The van der Waals surface area contributed by atoms with E-state index in [4.69, 9.17) is 14.6 Å². The topological polar surface area (TPSA) is 59.0 Å². The van der Waals surface area contributed by atoms with E-state index in [0.29, 0.717) is 18.4 Å². The number of carboxylic acids is 1. The lowest BCUT2D eigenvalue weighted by Crippen LogP contribution is -2.38. The molecule has 0 atom stereocenters. The van der Waals surface area contributed by atoms with Crippen LogP contribution in [0.5, 0.6) is 5.75 Å². The average Bonchev–Trinajstić information content (AvgIpc) is 2.48. The van der Waals surface area contributed by atoms with Gasteiger partial charge in [0.2, 0.25) is 0 Å². The second-order valence-corrected chi connectivity index (χ2v) is 5.00. The molecule has 1 saturated heterocycles. The smallest absolute Gasteiger partial charge is 0.335 e. The largest absolute Gasteiger partial charge is 0.492 e. The number of carboxylic acid groups (broad SMARTS) is 1. The van der Waals surface area contributed by atoms with Gasteiger partial charge in [0.05, 0.1) is 5.56 Å². The minimum absolute atomic E-state index is 0.275. The van der Waals surface area contributed by atoms with Crippen molar-refractivity contribution >= 4 is 5.97 Å². The van der Waals surface area contributed by atoms with E-state index in [0.717, 1.165) is 32.6 Å². The van der Waals surface area contributed by atoms with Crippen molar-refractivity contribution < 1.29 is 19.4 Å². The van der Waals surface area contributed by atoms with E-state index in [1.807, 2.05) is 0 Å². The Kier molecular flexibility index (Phi) is 5.38. The van der Waals surface area contributed by atoms with Gasteiger partial charge in [0.15, 0.2) is 0 Å². The average molecular weight is 279 g/mol. The molecule has 5 heteroatoms. The Morgan fingerprint density at radius 2 is 2.00 bits per heavy atom. The number of benzene rings is 1. The van der Waals surface area contributed by atoms with Gasteiger partial charge in [0.25, 0.3) is 0 Å². The van der Waals surface area contributed by atoms with Gasteiger partial charge < -0.3 is 14.6 Å². The second kappa shape index (κ2) is 7.26. The Bertz CT molecular complexity index is 426. The van der Waals surface area contributed by atoms with Crippen LogP contribution >= 0.6 is 0 Å². The van der Waals surface area contributed by atoms with Gasteiger partial charge in [-0.25, -0.2) is 4.79 Å². The SMILES string of the molecule is CN(CCOc1ccc(C(=O)O)cc1)C1CCOCC1. The van der Waals surface area contributed by atoms with Crippen molar-refractivity contribution in [3.8, 4) is 5.75 Å². The van der Waals surface area contributed by atoms with E-state index in [1.54, 1.807) is 24.3 Å². The molecule has 5 nitrogen and oxygen atoms in total. The minimum Gasteiger partial charge on any atom is -0.492 e. The zero-order valence-electron chi connectivity index (χ0n) is 11.7. The fraction of sp³-hybridized carbons (Fsp3) is 0.533. The lowest BCUT2D eigenvalue weighted by molar-refractivity contribution is 0.0392. The standard InChI is InChI=1S/C15H21NO4/c1-16(13-6-9-19-10-7-13)8-11-20-14-4-2-12(3-5-14)15(17)18/h2-5,13H,6-11H2,1H3,(H,17,18). The maximum absolute atomic E-state index is 10.7. The van der Waals surface area contributed by atoms with Crippen molar-refractivity contribution in [3.63, 3.8) is 0 Å².